The zero-order valence-corrected chi connectivity index (χ0v) is 22.7. The van der Waals surface area contributed by atoms with Crippen LogP contribution in [0.3, 0.4) is 0 Å². The van der Waals surface area contributed by atoms with Gasteiger partial charge in [-0.15, -0.1) is 0 Å². The Hall–Kier alpha value is -1.36. The summed E-state index contributed by atoms with van der Waals surface area (Å²) in [6, 6.07) is 13.8. The van der Waals surface area contributed by atoms with Gasteiger partial charge in [-0.05, 0) is 80.0 Å². The topological polar surface area (TPSA) is 95.6 Å². The normalized spacial score (nSPS) is 21.3. The number of piperidine rings is 1. The number of nitrogens with one attached hydrogen (secondary N) is 2. The lowest BCUT2D eigenvalue weighted by molar-refractivity contribution is 0.358. The van der Waals surface area contributed by atoms with Crippen LogP contribution < -0.4 is 14.3 Å². The maximum atomic E-state index is 12.5. The third-order valence-electron chi connectivity index (χ3n) is 6.58. The van der Waals surface area contributed by atoms with Gasteiger partial charge in [0.2, 0.25) is 20.0 Å². The molecule has 2 aromatic rings. The van der Waals surface area contributed by atoms with Crippen LogP contribution in [0, 0.1) is 12.8 Å². The maximum Gasteiger partial charge on any atom is 0.214 e. The quantitative estimate of drug-likeness (QED) is 0.453. The van der Waals surface area contributed by atoms with Gasteiger partial charge < -0.3 is 4.90 Å². The Morgan fingerprint density at radius 3 is 2.31 bits per heavy atom. The van der Waals surface area contributed by atoms with Gasteiger partial charge in [-0.3, -0.25) is 0 Å². The van der Waals surface area contributed by atoms with E-state index in [4.69, 9.17) is 23.2 Å². The summed E-state index contributed by atoms with van der Waals surface area (Å²) in [6.07, 6.45) is 2.93. The third-order valence-corrected chi connectivity index (χ3v) is 10.5. The lowest BCUT2D eigenvalue weighted by Gasteiger charge is -2.42. The minimum Gasteiger partial charge on any atom is -0.364 e. The minimum atomic E-state index is -3.61. The van der Waals surface area contributed by atoms with Gasteiger partial charge in [0.25, 0.3) is 0 Å². The highest BCUT2D eigenvalue weighted by Gasteiger charge is 2.35. The van der Waals surface area contributed by atoms with E-state index in [0.717, 1.165) is 34.7 Å². The molecule has 1 saturated heterocycles. The number of rotatable bonds is 10. The minimum absolute atomic E-state index is 0.0639. The number of sulfonamides is 2. The van der Waals surface area contributed by atoms with E-state index < -0.39 is 20.0 Å². The Morgan fingerprint density at radius 1 is 0.943 bits per heavy atom. The van der Waals surface area contributed by atoms with Crippen molar-refractivity contribution < 1.29 is 16.8 Å². The van der Waals surface area contributed by atoms with E-state index in [9.17, 15) is 16.8 Å². The Balaban J connectivity index is 1.41. The van der Waals surface area contributed by atoms with Crippen LogP contribution in [0.2, 0.25) is 10.0 Å². The van der Waals surface area contributed by atoms with Crippen molar-refractivity contribution in [1.82, 2.24) is 9.44 Å². The standard InChI is InChI=1S/C24H31Cl2N3O4S2/c1-17-2-10-22(23(26)14-17)24-11-3-18(16-29(24)20-6-4-19(25)5-7-20)15-28-34(30,31)13-12-27-35(32,33)21-8-9-21/h2,4-7,10,14,18,21,24,27-28H,3,8-9,11-13,15-16H2,1H3/t18-,24-/m1/s1. The fraction of sp³-hybridized carbons (Fsp3) is 0.500. The van der Waals surface area contributed by atoms with E-state index in [2.05, 4.69) is 26.5 Å². The Morgan fingerprint density at radius 2 is 1.66 bits per heavy atom. The van der Waals surface area contributed by atoms with Crippen molar-refractivity contribution in [3.8, 4) is 0 Å². The molecule has 1 saturated carbocycles. The molecule has 1 aliphatic heterocycles. The first-order valence-electron chi connectivity index (χ1n) is 11.8. The van der Waals surface area contributed by atoms with Crippen molar-refractivity contribution in [2.24, 2.45) is 5.92 Å². The van der Waals surface area contributed by atoms with Gasteiger partial charge in [0.15, 0.2) is 0 Å². The molecule has 35 heavy (non-hydrogen) atoms. The molecule has 0 aromatic heterocycles. The second kappa shape index (κ2) is 10.9. The van der Waals surface area contributed by atoms with E-state index in [0.29, 0.717) is 24.4 Å². The number of benzene rings is 2. The predicted molar refractivity (Wildman–Crippen MR) is 142 cm³/mol. The molecule has 1 heterocycles. The molecule has 0 amide bonds. The highest BCUT2D eigenvalue weighted by molar-refractivity contribution is 7.90. The van der Waals surface area contributed by atoms with E-state index in [1.165, 1.54) is 0 Å². The summed E-state index contributed by atoms with van der Waals surface area (Å²) in [6.45, 7) is 2.82. The molecule has 2 aromatic carbocycles. The third kappa shape index (κ3) is 7.11. The van der Waals surface area contributed by atoms with Crippen LogP contribution >= 0.6 is 23.2 Å². The van der Waals surface area contributed by atoms with Crippen LogP contribution in [0.15, 0.2) is 42.5 Å². The van der Waals surface area contributed by atoms with Crippen molar-refractivity contribution in [3.63, 3.8) is 0 Å². The van der Waals surface area contributed by atoms with Gasteiger partial charge in [-0.1, -0.05) is 35.3 Å². The maximum absolute atomic E-state index is 12.5. The number of aryl methyl sites for hydroxylation is 1. The second-order valence-corrected chi connectivity index (χ2v) is 14.2. The lowest BCUT2D eigenvalue weighted by Crippen LogP contribution is -2.44. The summed E-state index contributed by atoms with van der Waals surface area (Å²) >= 11 is 12.7. The van der Waals surface area contributed by atoms with E-state index in [1.807, 2.05) is 37.3 Å². The van der Waals surface area contributed by atoms with Crippen LogP contribution in [0.5, 0.6) is 0 Å². The van der Waals surface area contributed by atoms with Crippen LogP contribution in [-0.4, -0.2) is 47.5 Å². The first-order chi connectivity index (χ1) is 16.5. The van der Waals surface area contributed by atoms with Crippen molar-refractivity contribution in [3.05, 3.63) is 63.6 Å². The molecule has 0 bridgehead atoms. The molecule has 11 heteroatoms. The van der Waals surface area contributed by atoms with Gasteiger partial charge >= 0.3 is 0 Å². The molecule has 2 fully saturated rings. The highest BCUT2D eigenvalue weighted by atomic mass is 35.5. The van der Waals surface area contributed by atoms with Crippen molar-refractivity contribution in [2.75, 3.05) is 30.3 Å². The number of anilines is 1. The largest absolute Gasteiger partial charge is 0.364 e. The van der Waals surface area contributed by atoms with E-state index >= 15 is 0 Å². The average Bonchev–Trinajstić information content (AvgIpc) is 3.65. The molecule has 1 aliphatic carbocycles. The van der Waals surface area contributed by atoms with Gasteiger partial charge in [0.05, 0.1) is 17.0 Å². The molecule has 0 spiro atoms. The summed E-state index contributed by atoms with van der Waals surface area (Å²) in [5, 5.41) is 1.01. The Kier molecular flexibility index (Phi) is 8.35. The molecule has 0 unspecified atom stereocenters. The number of hydrogen-bond acceptors (Lipinski definition) is 5. The lowest BCUT2D eigenvalue weighted by atomic mass is 9.88. The zero-order chi connectivity index (χ0) is 25.2. The summed E-state index contributed by atoms with van der Waals surface area (Å²) in [7, 11) is -7.00. The SMILES string of the molecule is Cc1ccc([C@H]2CC[C@H](CNS(=O)(=O)CCNS(=O)(=O)C3CC3)CN2c2ccc(Cl)cc2)c(Cl)c1. The van der Waals surface area contributed by atoms with E-state index in [1.54, 1.807) is 0 Å². The van der Waals surface area contributed by atoms with Crippen LogP contribution in [0.1, 0.15) is 42.9 Å². The van der Waals surface area contributed by atoms with Crippen LogP contribution in [0.25, 0.3) is 0 Å². The molecule has 7 nitrogen and oxygen atoms in total. The Labute approximate surface area is 218 Å². The first kappa shape index (κ1) is 26.7. The molecular weight excluding hydrogens is 529 g/mol. The Bertz CT molecular complexity index is 1250. The molecule has 4 rings (SSSR count). The molecule has 2 N–H and O–H groups in total. The molecule has 0 radical (unpaired) electrons. The van der Waals surface area contributed by atoms with Crippen molar-refractivity contribution >= 4 is 48.9 Å². The monoisotopic (exact) mass is 559 g/mol. The summed E-state index contributed by atoms with van der Waals surface area (Å²) in [4.78, 5) is 2.26. The van der Waals surface area contributed by atoms with Crippen LogP contribution in [0.4, 0.5) is 5.69 Å². The summed E-state index contributed by atoms with van der Waals surface area (Å²) in [5.41, 5.74) is 3.14. The van der Waals surface area contributed by atoms with Crippen molar-refractivity contribution in [2.45, 2.75) is 43.9 Å². The smallest absolute Gasteiger partial charge is 0.214 e. The number of halogens is 2. The van der Waals surface area contributed by atoms with Gasteiger partial charge in [0.1, 0.15) is 0 Å². The van der Waals surface area contributed by atoms with Gasteiger partial charge in [0, 0.05) is 35.4 Å². The molecule has 2 aliphatic rings. The van der Waals surface area contributed by atoms with Gasteiger partial charge in [-0.25, -0.2) is 26.3 Å². The number of hydrogen-bond donors (Lipinski definition) is 2. The van der Waals surface area contributed by atoms with Gasteiger partial charge in [-0.2, -0.15) is 0 Å². The molecular formula is C24H31Cl2N3O4S2. The second-order valence-electron chi connectivity index (χ2n) is 9.42. The summed E-state index contributed by atoms with van der Waals surface area (Å²) < 4.78 is 53.9. The fourth-order valence-corrected chi connectivity index (χ4v) is 7.49. The predicted octanol–water partition coefficient (Wildman–Crippen LogP) is 4.26. The summed E-state index contributed by atoms with van der Waals surface area (Å²) in [5.74, 6) is -0.196. The highest BCUT2D eigenvalue weighted by Crippen LogP contribution is 2.40. The van der Waals surface area contributed by atoms with Crippen LogP contribution in [-0.2, 0) is 20.0 Å². The molecule has 2 atom stereocenters. The zero-order valence-electron chi connectivity index (χ0n) is 19.6. The average molecular weight is 561 g/mol. The van der Waals surface area contributed by atoms with E-state index in [-0.39, 0.29) is 36.1 Å². The van der Waals surface area contributed by atoms with Crippen molar-refractivity contribution in [1.29, 1.82) is 0 Å². The fourth-order valence-electron chi connectivity index (χ4n) is 4.49. The first-order valence-corrected chi connectivity index (χ1v) is 15.7. The number of nitrogens with zero attached hydrogens (tertiary/aromatic N) is 1. The molecule has 192 valence electrons.